The molecule has 0 unspecified atom stereocenters. The molecule has 0 saturated carbocycles. The molecule has 0 bridgehead atoms. The van der Waals surface area contributed by atoms with Gasteiger partial charge in [0, 0.05) is 24.7 Å². The van der Waals surface area contributed by atoms with Crippen LogP contribution in [-0.4, -0.2) is 22.6 Å². The Labute approximate surface area is 94.7 Å². The minimum absolute atomic E-state index is 0.135. The summed E-state index contributed by atoms with van der Waals surface area (Å²) in [5.41, 5.74) is 0.648. The van der Waals surface area contributed by atoms with Crippen molar-refractivity contribution in [3.63, 3.8) is 0 Å². The normalized spacial score (nSPS) is 10.7. The van der Waals surface area contributed by atoms with Gasteiger partial charge in [0.2, 0.25) is 5.91 Å². The monoisotopic (exact) mass is 227 g/mol. The quantitative estimate of drug-likeness (QED) is 0.410. The number of carbonyl (C=O) groups is 2. The van der Waals surface area contributed by atoms with E-state index in [0.29, 0.717) is 12.2 Å². The average Bonchev–Trinajstić information content (AvgIpc) is 2.14. The van der Waals surface area contributed by atoms with Crippen molar-refractivity contribution >= 4 is 22.8 Å². The molecule has 0 rings (SSSR count). The van der Waals surface area contributed by atoms with Gasteiger partial charge in [-0.15, -0.1) is 0 Å². The number of allylic oxidation sites excluding steroid dienone is 3. The number of halogens is 1. The summed E-state index contributed by atoms with van der Waals surface area (Å²) in [6.45, 7) is 10.9. The number of rotatable bonds is 5. The molecule has 15 heavy (non-hydrogen) atoms. The van der Waals surface area contributed by atoms with Crippen LogP contribution in [0.15, 0.2) is 36.6 Å². The minimum Gasteiger partial charge on any atom is -0.314 e. The zero-order valence-electron chi connectivity index (χ0n) is 8.92. The highest BCUT2D eigenvalue weighted by Crippen LogP contribution is 2.10. The lowest BCUT2D eigenvalue weighted by molar-refractivity contribution is -0.126. The Morgan fingerprint density at radius 1 is 1.47 bits per heavy atom. The third kappa shape index (κ3) is 4.13. The molecule has 0 aromatic rings. The molecule has 4 heteroatoms. The van der Waals surface area contributed by atoms with Crippen molar-refractivity contribution in [2.24, 2.45) is 0 Å². The van der Waals surface area contributed by atoms with Gasteiger partial charge < -0.3 is 4.90 Å². The van der Waals surface area contributed by atoms with Gasteiger partial charge in [0.05, 0.1) is 0 Å². The van der Waals surface area contributed by atoms with Crippen LogP contribution in [0, 0.1) is 0 Å². The smallest absolute Gasteiger partial charge is 0.252 e. The van der Waals surface area contributed by atoms with Crippen LogP contribution < -0.4 is 0 Å². The van der Waals surface area contributed by atoms with Crippen LogP contribution in [0.1, 0.15) is 13.8 Å². The summed E-state index contributed by atoms with van der Waals surface area (Å²) in [5, 5.41) is -0.620. The standard InChI is InChI=1S/C11H14ClNO2/c1-5-10(11(12)15)7-8(3)13(6-2)9(4)14/h5,7H,1,3,6H2,2,4H3/b10-7+. The molecule has 0 fully saturated rings. The largest absolute Gasteiger partial charge is 0.314 e. The van der Waals surface area contributed by atoms with Crippen LogP contribution in [0.2, 0.25) is 0 Å². The summed E-state index contributed by atoms with van der Waals surface area (Å²) >= 11 is 5.29. The van der Waals surface area contributed by atoms with Crippen molar-refractivity contribution in [3.05, 3.63) is 36.6 Å². The van der Waals surface area contributed by atoms with Gasteiger partial charge in [-0.3, -0.25) is 9.59 Å². The molecule has 0 radical (unpaired) electrons. The summed E-state index contributed by atoms with van der Waals surface area (Å²) in [6, 6.07) is 0. The number of amides is 1. The molecule has 0 aliphatic rings. The third-order valence-corrected chi connectivity index (χ3v) is 2.03. The molecule has 0 saturated heterocycles. The Balaban J connectivity index is 4.92. The SMILES string of the molecule is C=C/C(=C\C(=C)N(CC)C(C)=O)C(=O)Cl. The van der Waals surface area contributed by atoms with Crippen LogP contribution in [-0.2, 0) is 9.59 Å². The van der Waals surface area contributed by atoms with E-state index >= 15 is 0 Å². The first kappa shape index (κ1) is 13.7. The van der Waals surface area contributed by atoms with Crippen LogP contribution in [0.3, 0.4) is 0 Å². The number of hydrogen-bond donors (Lipinski definition) is 0. The second-order valence-corrected chi connectivity index (χ2v) is 3.18. The predicted molar refractivity (Wildman–Crippen MR) is 61.3 cm³/mol. The van der Waals surface area contributed by atoms with Crippen molar-refractivity contribution in [1.29, 1.82) is 0 Å². The summed E-state index contributed by atoms with van der Waals surface area (Å²) in [7, 11) is 0. The number of nitrogens with zero attached hydrogens (tertiary/aromatic N) is 1. The van der Waals surface area contributed by atoms with Crippen molar-refractivity contribution in [1.82, 2.24) is 4.90 Å². The molecule has 0 aliphatic heterocycles. The van der Waals surface area contributed by atoms with E-state index in [1.54, 1.807) is 0 Å². The number of hydrogen-bond acceptors (Lipinski definition) is 2. The fourth-order valence-electron chi connectivity index (χ4n) is 1.08. The fraction of sp³-hybridized carbons (Fsp3) is 0.273. The summed E-state index contributed by atoms with van der Waals surface area (Å²) in [5.74, 6) is -0.135. The van der Waals surface area contributed by atoms with Crippen molar-refractivity contribution in [2.75, 3.05) is 6.54 Å². The minimum atomic E-state index is -0.620. The molecular weight excluding hydrogens is 214 g/mol. The van der Waals surface area contributed by atoms with Crippen molar-refractivity contribution in [2.45, 2.75) is 13.8 Å². The van der Waals surface area contributed by atoms with Crippen LogP contribution in [0.4, 0.5) is 0 Å². The fourth-order valence-corrected chi connectivity index (χ4v) is 1.21. The highest BCUT2D eigenvalue weighted by atomic mass is 35.5. The molecular formula is C11H14ClNO2. The van der Waals surface area contributed by atoms with Crippen molar-refractivity contribution < 1.29 is 9.59 Å². The number of likely N-dealkylation sites (N-methyl/N-ethyl adjacent to an activating group) is 1. The molecule has 0 spiro atoms. The third-order valence-electron chi connectivity index (χ3n) is 1.81. The van der Waals surface area contributed by atoms with E-state index in [-0.39, 0.29) is 11.5 Å². The molecule has 1 amide bonds. The van der Waals surface area contributed by atoms with E-state index in [4.69, 9.17) is 11.6 Å². The first-order valence-corrected chi connectivity index (χ1v) is 4.82. The Morgan fingerprint density at radius 2 is 2.00 bits per heavy atom. The van der Waals surface area contributed by atoms with E-state index in [2.05, 4.69) is 13.2 Å². The summed E-state index contributed by atoms with van der Waals surface area (Å²) in [6.07, 6.45) is 2.77. The Morgan fingerprint density at radius 3 is 2.27 bits per heavy atom. The summed E-state index contributed by atoms with van der Waals surface area (Å²) in [4.78, 5) is 23.5. The van der Waals surface area contributed by atoms with Crippen LogP contribution in [0.25, 0.3) is 0 Å². The lowest BCUT2D eigenvalue weighted by Gasteiger charge is -2.19. The van der Waals surface area contributed by atoms with Gasteiger partial charge in [-0.2, -0.15) is 0 Å². The van der Waals surface area contributed by atoms with E-state index in [1.165, 1.54) is 24.0 Å². The van der Waals surface area contributed by atoms with Gasteiger partial charge >= 0.3 is 0 Å². The van der Waals surface area contributed by atoms with Gasteiger partial charge in [-0.1, -0.05) is 19.2 Å². The lowest BCUT2D eigenvalue weighted by Crippen LogP contribution is -2.26. The predicted octanol–water partition coefficient (Wildman–Crippen LogP) is 2.25. The van der Waals surface area contributed by atoms with E-state index in [1.807, 2.05) is 6.92 Å². The molecule has 0 aromatic heterocycles. The zero-order valence-corrected chi connectivity index (χ0v) is 9.67. The molecule has 82 valence electrons. The molecule has 0 heterocycles. The molecule has 3 nitrogen and oxygen atoms in total. The average molecular weight is 228 g/mol. The van der Waals surface area contributed by atoms with Gasteiger partial charge in [0.1, 0.15) is 0 Å². The zero-order chi connectivity index (χ0) is 12.0. The highest BCUT2D eigenvalue weighted by Gasteiger charge is 2.10. The van der Waals surface area contributed by atoms with E-state index < -0.39 is 5.24 Å². The Bertz CT molecular complexity index is 331. The van der Waals surface area contributed by atoms with Gasteiger partial charge in [-0.05, 0) is 24.6 Å². The second-order valence-electron chi connectivity index (χ2n) is 2.83. The number of carbonyl (C=O) groups excluding carboxylic acids is 2. The van der Waals surface area contributed by atoms with Crippen LogP contribution in [0.5, 0.6) is 0 Å². The van der Waals surface area contributed by atoms with E-state index in [9.17, 15) is 9.59 Å². The lowest BCUT2D eigenvalue weighted by atomic mass is 10.2. The van der Waals surface area contributed by atoms with Crippen LogP contribution >= 0.6 is 11.6 Å². The maximum atomic E-state index is 11.1. The molecule has 0 aliphatic carbocycles. The second kappa shape index (κ2) is 6.19. The first-order valence-electron chi connectivity index (χ1n) is 4.45. The van der Waals surface area contributed by atoms with Crippen molar-refractivity contribution in [3.8, 4) is 0 Å². The molecule has 0 aromatic carbocycles. The van der Waals surface area contributed by atoms with Gasteiger partial charge in [-0.25, -0.2) is 0 Å². The topological polar surface area (TPSA) is 37.4 Å². The van der Waals surface area contributed by atoms with Gasteiger partial charge in [0.15, 0.2) is 0 Å². The Kier molecular flexibility index (Phi) is 5.64. The summed E-state index contributed by atoms with van der Waals surface area (Å²) < 4.78 is 0. The molecule has 0 atom stereocenters. The maximum Gasteiger partial charge on any atom is 0.252 e. The molecule has 0 N–H and O–H groups in total. The Hall–Kier alpha value is -1.35. The maximum absolute atomic E-state index is 11.1. The first-order chi connectivity index (χ1) is 6.93. The van der Waals surface area contributed by atoms with E-state index in [0.717, 1.165) is 0 Å². The highest BCUT2D eigenvalue weighted by molar-refractivity contribution is 6.68. The van der Waals surface area contributed by atoms with Gasteiger partial charge in [0.25, 0.3) is 5.24 Å².